The quantitative estimate of drug-likeness (QED) is 0.737. The van der Waals surface area contributed by atoms with E-state index in [1.54, 1.807) is 17.1 Å². The number of aromatic nitrogens is 2. The maximum absolute atomic E-state index is 12.8. The van der Waals surface area contributed by atoms with Crippen molar-refractivity contribution in [2.45, 2.75) is 38.1 Å². The van der Waals surface area contributed by atoms with Crippen molar-refractivity contribution in [2.75, 3.05) is 40.4 Å². The summed E-state index contributed by atoms with van der Waals surface area (Å²) in [7, 11) is 3.84. The Labute approximate surface area is 172 Å². The number of ether oxygens (including phenoxy) is 1. The Hall–Kier alpha value is -2.38. The number of carbonyl (C=O) groups is 1. The van der Waals surface area contributed by atoms with Crippen LogP contribution >= 0.6 is 0 Å². The van der Waals surface area contributed by atoms with Crippen molar-refractivity contribution in [3.8, 4) is 17.0 Å². The lowest BCUT2D eigenvalue weighted by Crippen LogP contribution is -2.40. The van der Waals surface area contributed by atoms with Gasteiger partial charge in [-0.1, -0.05) is 31.4 Å². The zero-order valence-electron chi connectivity index (χ0n) is 17.5. The van der Waals surface area contributed by atoms with E-state index in [1.165, 1.54) is 19.3 Å². The topological polar surface area (TPSA) is 70.8 Å². The summed E-state index contributed by atoms with van der Waals surface area (Å²) in [6, 6.07) is 8.03. The molecule has 0 spiro atoms. The van der Waals surface area contributed by atoms with Crippen LogP contribution in [0.25, 0.3) is 11.3 Å². The molecule has 0 aliphatic heterocycles. The molecule has 2 aromatic rings. The number of aliphatic hydroxyl groups excluding tert-OH is 1. The van der Waals surface area contributed by atoms with Crippen LogP contribution < -0.4 is 4.74 Å². The Morgan fingerprint density at radius 1 is 1.24 bits per heavy atom. The highest BCUT2D eigenvalue weighted by Gasteiger charge is 2.23. The minimum Gasteiger partial charge on any atom is -0.492 e. The van der Waals surface area contributed by atoms with Gasteiger partial charge in [-0.2, -0.15) is 0 Å². The van der Waals surface area contributed by atoms with Gasteiger partial charge in [-0.3, -0.25) is 4.57 Å². The molecule has 0 bridgehead atoms. The van der Waals surface area contributed by atoms with Gasteiger partial charge in [-0.15, -0.1) is 0 Å². The highest BCUT2D eigenvalue weighted by atomic mass is 16.5. The number of nitrogens with zero attached hydrogens (tertiary/aromatic N) is 4. The summed E-state index contributed by atoms with van der Waals surface area (Å²) in [5.41, 5.74) is 1.66. The minimum atomic E-state index is -0.0324. The number of carbonyl (C=O) groups excluding carboxylic acids is 1. The molecule has 1 fully saturated rings. The second-order valence-corrected chi connectivity index (χ2v) is 7.75. The number of aliphatic hydroxyl groups is 1. The molecule has 29 heavy (non-hydrogen) atoms. The van der Waals surface area contributed by atoms with E-state index in [4.69, 9.17) is 9.84 Å². The molecule has 3 rings (SSSR count). The molecule has 0 radical (unpaired) electrons. The van der Waals surface area contributed by atoms with Crippen molar-refractivity contribution < 1.29 is 14.6 Å². The largest absolute Gasteiger partial charge is 0.492 e. The van der Waals surface area contributed by atoms with Crippen LogP contribution in [0.3, 0.4) is 0 Å². The first-order valence-corrected chi connectivity index (χ1v) is 10.4. The Kier molecular flexibility index (Phi) is 7.66. The molecule has 1 saturated carbocycles. The molecule has 7 nitrogen and oxygen atoms in total. The van der Waals surface area contributed by atoms with Crippen molar-refractivity contribution in [3.05, 3.63) is 36.8 Å². The number of likely N-dealkylation sites (N-methyl/N-ethyl adjacent to an activating group) is 1. The van der Waals surface area contributed by atoms with Crippen LogP contribution in [0, 0.1) is 0 Å². The third-order valence-corrected chi connectivity index (χ3v) is 5.58. The molecule has 0 unspecified atom stereocenters. The first-order valence-electron chi connectivity index (χ1n) is 10.4. The SMILES string of the molecule is CN(CCO)CCOc1cccc(-c2cn(C(=O)N(C)C3CCCCC3)cn2)c1. The summed E-state index contributed by atoms with van der Waals surface area (Å²) in [6.45, 7) is 2.05. The zero-order chi connectivity index (χ0) is 20.6. The summed E-state index contributed by atoms with van der Waals surface area (Å²) in [4.78, 5) is 21.1. The smallest absolute Gasteiger partial charge is 0.329 e. The molecule has 1 N–H and O–H groups in total. The van der Waals surface area contributed by atoms with E-state index < -0.39 is 0 Å². The van der Waals surface area contributed by atoms with Gasteiger partial charge in [0.15, 0.2) is 0 Å². The number of hydrogen-bond donors (Lipinski definition) is 1. The highest BCUT2D eigenvalue weighted by molar-refractivity contribution is 5.78. The molecule has 0 atom stereocenters. The lowest BCUT2D eigenvalue weighted by molar-refractivity contribution is 0.175. The van der Waals surface area contributed by atoms with E-state index in [1.807, 2.05) is 48.2 Å². The van der Waals surface area contributed by atoms with Gasteiger partial charge in [-0.25, -0.2) is 9.78 Å². The maximum Gasteiger partial charge on any atom is 0.329 e. The predicted molar refractivity (Wildman–Crippen MR) is 113 cm³/mol. The number of rotatable bonds is 8. The first-order chi connectivity index (χ1) is 14.1. The predicted octanol–water partition coefficient (Wildman–Crippen LogP) is 3.09. The van der Waals surface area contributed by atoms with Gasteiger partial charge < -0.3 is 19.6 Å². The number of hydrogen-bond acceptors (Lipinski definition) is 5. The van der Waals surface area contributed by atoms with E-state index in [0.29, 0.717) is 19.2 Å². The Bertz CT molecular complexity index is 786. The zero-order valence-corrected chi connectivity index (χ0v) is 17.5. The normalized spacial score (nSPS) is 14.9. The second kappa shape index (κ2) is 10.4. The van der Waals surface area contributed by atoms with Crippen molar-refractivity contribution in [2.24, 2.45) is 0 Å². The van der Waals surface area contributed by atoms with Crippen molar-refractivity contribution in [3.63, 3.8) is 0 Å². The molecular formula is C22H32N4O3. The number of imidazole rings is 1. The summed E-state index contributed by atoms with van der Waals surface area (Å²) in [5.74, 6) is 0.764. The monoisotopic (exact) mass is 400 g/mol. The fourth-order valence-electron chi connectivity index (χ4n) is 3.73. The molecule has 0 saturated heterocycles. The van der Waals surface area contributed by atoms with Gasteiger partial charge in [-0.05, 0) is 32.0 Å². The van der Waals surface area contributed by atoms with E-state index >= 15 is 0 Å². The van der Waals surface area contributed by atoms with Crippen LogP contribution in [0.4, 0.5) is 4.79 Å². The van der Waals surface area contributed by atoms with Crippen LogP contribution in [0.15, 0.2) is 36.8 Å². The van der Waals surface area contributed by atoms with E-state index in [9.17, 15) is 4.79 Å². The summed E-state index contributed by atoms with van der Waals surface area (Å²) in [5, 5.41) is 8.95. The minimum absolute atomic E-state index is 0.0324. The Morgan fingerprint density at radius 3 is 2.79 bits per heavy atom. The molecule has 158 valence electrons. The standard InChI is InChI=1S/C22H32N4O3/c1-24(11-13-27)12-14-29-20-10-6-7-18(15-20)21-16-26(17-23-21)22(28)25(2)19-8-4-3-5-9-19/h6-7,10,15-17,19,27H,3-5,8-9,11-14H2,1-2H3. The molecule has 1 aromatic carbocycles. The van der Waals surface area contributed by atoms with E-state index in [2.05, 4.69) is 4.98 Å². The maximum atomic E-state index is 12.8. The highest BCUT2D eigenvalue weighted by Crippen LogP contribution is 2.24. The second-order valence-electron chi connectivity index (χ2n) is 7.75. The molecule has 1 amide bonds. The number of amides is 1. The van der Waals surface area contributed by atoms with Gasteiger partial charge in [0, 0.05) is 37.9 Å². The lowest BCUT2D eigenvalue weighted by atomic mass is 9.95. The van der Waals surface area contributed by atoms with Crippen LogP contribution in [0.2, 0.25) is 0 Å². The van der Waals surface area contributed by atoms with Crippen molar-refractivity contribution in [1.82, 2.24) is 19.4 Å². The fourth-order valence-corrected chi connectivity index (χ4v) is 3.73. The van der Waals surface area contributed by atoms with Crippen LogP contribution in [-0.2, 0) is 0 Å². The first kappa shape index (κ1) is 21.3. The van der Waals surface area contributed by atoms with Crippen molar-refractivity contribution >= 4 is 6.03 Å². The number of benzene rings is 1. The summed E-state index contributed by atoms with van der Waals surface area (Å²) >= 11 is 0. The molecule has 7 heteroatoms. The molecule has 1 heterocycles. The van der Waals surface area contributed by atoms with Crippen LogP contribution in [0.1, 0.15) is 32.1 Å². The van der Waals surface area contributed by atoms with E-state index in [0.717, 1.165) is 36.4 Å². The molecule has 1 aliphatic carbocycles. The molecule has 1 aromatic heterocycles. The van der Waals surface area contributed by atoms with Gasteiger partial charge in [0.05, 0.1) is 12.3 Å². The lowest BCUT2D eigenvalue weighted by Gasteiger charge is -2.31. The fraction of sp³-hybridized carbons (Fsp3) is 0.545. The third-order valence-electron chi connectivity index (χ3n) is 5.58. The Balaban J connectivity index is 1.61. The Morgan fingerprint density at radius 2 is 2.03 bits per heavy atom. The van der Waals surface area contributed by atoms with Gasteiger partial charge >= 0.3 is 6.03 Å². The van der Waals surface area contributed by atoms with E-state index in [-0.39, 0.29) is 12.6 Å². The molecule has 1 aliphatic rings. The van der Waals surface area contributed by atoms with Gasteiger partial charge in [0.2, 0.25) is 0 Å². The van der Waals surface area contributed by atoms with Crippen molar-refractivity contribution in [1.29, 1.82) is 0 Å². The summed E-state index contributed by atoms with van der Waals surface area (Å²) < 4.78 is 7.39. The van der Waals surface area contributed by atoms with Crippen LogP contribution in [0.5, 0.6) is 5.75 Å². The molecular weight excluding hydrogens is 368 g/mol. The van der Waals surface area contributed by atoms with Crippen LogP contribution in [-0.4, -0.2) is 76.9 Å². The average Bonchev–Trinajstić information content (AvgIpc) is 3.24. The average molecular weight is 401 g/mol. The summed E-state index contributed by atoms with van der Waals surface area (Å²) in [6.07, 6.45) is 9.20. The third kappa shape index (κ3) is 5.81. The van der Waals surface area contributed by atoms with Gasteiger partial charge in [0.1, 0.15) is 18.7 Å². The van der Waals surface area contributed by atoms with Gasteiger partial charge in [0.25, 0.3) is 0 Å².